The molecule has 0 aliphatic carbocycles. The predicted molar refractivity (Wildman–Crippen MR) is 428 cm³/mol. The molecule has 8 bridgehead atoms. The number of nitro groups is 4. The molecule has 0 fully saturated rings. The first-order valence-corrected chi connectivity index (χ1v) is 42.6. The van der Waals surface area contributed by atoms with E-state index >= 15 is 33.7 Å². The predicted octanol–water partition coefficient (Wildman–Crippen LogP) is 20.4. The van der Waals surface area contributed by atoms with Gasteiger partial charge in [-0.2, -0.15) is 33.7 Å². The van der Waals surface area contributed by atoms with E-state index in [9.17, 15) is 40.5 Å². The van der Waals surface area contributed by atoms with Crippen LogP contribution < -0.4 is 35.7 Å². The van der Waals surface area contributed by atoms with Crippen molar-refractivity contribution in [2.24, 2.45) is 0 Å². The van der Waals surface area contributed by atoms with E-state index in [0.29, 0.717) is 34.4 Å². The summed E-state index contributed by atoms with van der Waals surface area (Å²) in [5.74, 6) is -12.9. The van der Waals surface area contributed by atoms with Crippen molar-refractivity contribution in [2.45, 2.75) is 180 Å². The van der Waals surface area contributed by atoms with Gasteiger partial charge in [-0.1, -0.05) is 98.5 Å². The van der Waals surface area contributed by atoms with E-state index in [0.717, 1.165) is 36.4 Å². The summed E-state index contributed by atoms with van der Waals surface area (Å²) < 4.78 is 179. The number of ether oxygens (including phenoxy) is 4. The maximum Gasteiger partial charge on any atom is 0.339 e. The average Bonchev–Trinajstić information content (AvgIpc) is 0.730. The van der Waals surface area contributed by atoms with Crippen LogP contribution in [-0.2, 0) is 40.5 Å². The second-order valence-electron chi connectivity index (χ2n) is 29.6. The van der Waals surface area contributed by atoms with Crippen LogP contribution in [0, 0.1) is 124 Å². The number of fused-ring (bicyclic) bond motifs is 12. The zero-order valence-electron chi connectivity index (χ0n) is 65.9. The highest BCUT2D eigenvalue weighted by Crippen LogP contribution is 2.59. The third-order valence-corrected chi connectivity index (χ3v) is 27.3. The molecule has 28 nitrogen and oxygen atoms in total. The van der Waals surface area contributed by atoms with Crippen molar-refractivity contribution in [1.82, 2.24) is 0 Å². The summed E-state index contributed by atoms with van der Waals surface area (Å²) in [5, 5.41) is 54.7. The Morgan fingerprint density at radius 3 is 0.603 bits per heavy atom. The molecule has 0 aromatic heterocycles. The molecule has 0 N–H and O–H groups in total. The average molecular weight is 1660 g/mol. The maximum atomic E-state index is 15.7. The molecule has 0 amide bonds. The number of nitro benzene ring substituents is 4. The Morgan fingerprint density at radius 2 is 0.431 bits per heavy atom. The Hall–Kier alpha value is -12.0. The van der Waals surface area contributed by atoms with Crippen LogP contribution in [0.1, 0.15) is 188 Å². The summed E-state index contributed by atoms with van der Waals surface area (Å²) in [6, 6.07) is 26.0. The van der Waals surface area contributed by atoms with Crippen molar-refractivity contribution < 1.29 is 89.0 Å². The summed E-state index contributed by atoms with van der Waals surface area (Å²) >= 11 is 0. The van der Waals surface area contributed by atoms with Crippen molar-refractivity contribution in [2.75, 3.05) is 0 Å². The van der Waals surface area contributed by atoms with Crippen LogP contribution in [-0.4, -0.2) is 53.4 Å². The fourth-order valence-corrected chi connectivity index (χ4v) is 22.4. The van der Waals surface area contributed by atoms with Gasteiger partial charge in [0.25, 0.3) is 0 Å². The van der Waals surface area contributed by atoms with Gasteiger partial charge in [0.15, 0.2) is 23.0 Å². The van der Waals surface area contributed by atoms with Crippen LogP contribution in [0.4, 0.5) is 22.7 Å². The van der Waals surface area contributed by atoms with E-state index in [1.807, 2.05) is 0 Å². The summed E-state index contributed by atoms with van der Waals surface area (Å²) in [4.78, 5) is 49.7. The monoisotopic (exact) mass is 1660 g/mol. The van der Waals surface area contributed by atoms with Gasteiger partial charge < -0.3 is 35.7 Å². The van der Waals surface area contributed by atoms with Gasteiger partial charge in [0, 0.05) is 105 Å². The Morgan fingerprint density at radius 1 is 0.259 bits per heavy atom. The van der Waals surface area contributed by atoms with Crippen molar-refractivity contribution in [3.63, 3.8) is 0 Å². The van der Waals surface area contributed by atoms with Crippen LogP contribution in [0.2, 0.25) is 0 Å². The van der Waals surface area contributed by atoms with Crippen LogP contribution >= 0.6 is 0 Å². The van der Waals surface area contributed by atoms with Gasteiger partial charge in [-0.25, -0.2) is 0 Å². The van der Waals surface area contributed by atoms with Crippen LogP contribution in [0.3, 0.4) is 0 Å². The Kier molecular flexibility index (Phi) is 21.4. The third kappa shape index (κ3) is 14.9. The number of aryl methyl sites for hydroxylation is 12. The van der Waals surface area contributed by atoms with E-state index in [-0.39, 0.29) is 134 Å². The highest BCUT2D eigenvalue weighted by atomic mass is 32.2. The molecule has 4 unspecified atom stereocenters. The number of hydrogen-bond acceptors (Lipinski definition) is 24. The topological polar surface area (TPSA) is 383 Å². The fourth-order valence-electron chi connectivity index (χ4n) is 17.0. The molecule has 2 aliphatic heterocycles. The highest BCUT2D eigenvalue weighted by molar-refractivity contribution is 7.88. The van der Waals surface area contributed by atoms with Crippen molar-refractivity contribution in [3.05, 3.63) is 273 Å². The van der Waals surface area contributed by atoms with Crippen LogP contribution in [0.15, 0.2) is 141 Å². The van der Waals surface area contributed by atoms with Gasteiger partial charge in [-0.05, 0) is 178 Å². The van der Waals surface area contributed by atoms with Crippen molar-refractivity contribution in [1.29, 1.82) is 0 Å². The van der Waals surface area contributed by atoms with E-state index in [4.69, 9.17) is 35.7 Å². The van der Waals surface area contributed by atoms with Crippen LogP contribution in [0.25, 0.3) is 0 Å². The lowest BCUT2D eigenvalue weighted by atomic mass is 9.77. The lowest BCUT2D eigenvalue weighted by Gasteiger charge is -2.32. The second-order valence-corrected chi connectivity index (χ2v) is 35.6. The van der Waals surface area contributed by atoms with E-state index < -0.39 is 176 Å². The van der Waals surface area contributed by atoms with Gasteiger partial charge >= 0.3 is 63.2 Å². The number of hydrogen-bond donors (Lipinski definition) is 0. The van der Waals surface area contributed by atoms with Gasteiger partial charge in [-0.3, -0.25) is 40.5 Å². The molecule has 12 rings (SSSR count). The molecule has 0 saturated heterocycles. The smallest absolute Gasteiger partial charge is 0.339 e. The minimum Gasteiger partial charge on any atom is -0.450 e. The lowest BCUT2D eigenvalue weighted by molar-refractivity contribution is -0.395. The summed E-state index contributed by atoms with van der Waals surface area (Å²) in [5.41, 5.74) is -0.114. The molecule has 0 radical (unpaired) electrons. The molecule has 116 heavy (non-hydrogen) atoms. The normalized spacial score (nSPS) is 15.5. The molecule has 10 aromatic rings. The lowest BCUT2D eigenvalue weighted by Crippen LogP contribution is -2.19. The highest BCUT2D eigenvalue weighted by Gasteiger charge is 2.42. The minimum atomic E-state index is -5.09. The van der Waals surface area contributed by atoms with E-state index in [1.165, 1.54) is 24.3 Å². The summed E-state index contributed by atoms with van der Waals surface area (Å²) in [6.07, 6.45) is -0.713. The molecular weight excluding hydrogens is 1580 g/mol. The SMILES string of the molecule is CCC1c2cc3c4cc2Oc2cc(c([N+](=O)[O-])cc2[N+](=O)[O-])Oc2cc(c(cc2C(CC)c2cc1c(OS(=O)(=O)c1c(C)cc(C)cc1C)cc2OS(=O)(=O)c1c(C)cc(C)cc1C)C(CC)c1cc(c(OS(=O)(=O)c2c(C)cc(C)cc2C)cc1OS(=O)(=O)c1c(C)cc(C)cc1C)C3CC)Oc1cc(c([N+](=O)[O-])cc1[N+](=O)[O-])O4. The van der Waals surface area contributed by atoms with Gasteiger partial charge in [-0.15, -0.1) is 0 Å². The summed E-state index contributed by atoms with van der Waals surface area (Å²) in [7, 11) is -20.3. The van der Waals surface area contributed by atoms with Gasteiger partial charge in [0.2, 0.25) is 23.0 Å². The second kappa shape index (κ2) is 30.3. The first-order chi connectivity index (χ1) is 54.5. The first kappa shape index (κ1) is 82.0. The quantitative estimate of drug-likeness (QED) is 0.0388. The molecule has 32 heteroatoms. The van der Waals surface area contributed by atoms with Crippen molar-refractivity contribution in [3.8, 4) is 69.0 Å². The molecule has 0 saturated carbocycles. The largest absolute Gasteiger partial charge is 0.450 e. The Labute approximate surface area is 670 Å². The molecule has 10 aromatic carbocycles. The molecule has 4 atom stereocenters. The summed E-state index contributed by atoms with van der Waals surface area (Å²) in [6.45, 7) is 26.1. The molecule has 0 spiro atoms. The van der Waals surface area contributed by atoms with Gasteiger partial charge in [0.05, 0.1) is 19.7 Å². The third-order valence-electron chi connectivity index (χ3n) is 21.2. The fraction of sp³-hybridized carbons (Fsp3) is 0.286. The number of rotatable bonds is 20. The zero-order chi connectivity index (χ0) is 84.3. The van der Waals surface area contributed by atoms with E-state index in [2.05, 4.69) is 0 Å². The van der Waals surface area contributed by atoms with Crippen molar-refractivity contribution >= 4 is 63.2 Å². The molecule has 2 heterocycles. The minimum absolute atomic E-state index is 0.0752. The van der Waals surface area contributed by atoms with Gasteiger partial charge in [0.1, 0.15) is 54.7 Å². The van der Waals surface area contributed by atoms with Crippen LogP contribution in [0.5, 0.6) is 69.0 Å². The Bertz CT molecular complexity index is 5600. The zero-order valence-corrected chi connectivity index (χ0v) is 69.2. The van der Waals surface area contributed by atoms with E-state index in [1.54, 1.807) is 159 Å². The first-order valence-electron chi connectivity index (χ1n) is 36.9. The Balaban J connectivity index is 1.30. The molecular formula is C84H80N4O24S4. The molecule has 604 valence electrons. The maximum absolute atomic E-state index is 15.7. The standard InChI is InChI=1S/C84H80N4O24S4/c1-17-53-57-29-58-54(18-2)63-32-64(76(112-116(103,104)84-51(15)27-44(8)28-52(84)16)38-75(63)111-115(101,102)83-49(13)25-43(7)26-50(83)14)56(20-4)60-30-59(55(19-3)62-31-61(53)73(109-113(97,98)81-45(9)21-41(5)22-46(81)10)37-74(62)110-114(99,100)82-47(11)23-42(6)24-48(82)12)71-36-72(60)108-80-40-79(67(87(93)94)34-68(80)88(95)96)106-70(58)35-69(57)105-77-39-78(107-71)66(86(91)92)33-65(77)85(89)90/h21-40,53-56H,17-20H2,1-16H3. The number of benzene rings is 10. The molecule has 2 aliphatic rings. The number of nitrogens with zero attached hydrogens (tertiary/aromatic N) is 4.